The highest BCUT2D eigenvalue weighted by molar-refractivity contribution is 8.00. The summed E-state index contributed by atoms with van der Waals surface area (Å²) in [6, 6.07) is 11.0. The predicted octanol–water partition coefficient (Wildman–Crippen LogP) is 7.23. The third kappa shape index (κ3) is 4.77. The van der Waals surface area contributed by atoms with E-state index in [1.165, 1.54) is 0 Å². The molecule has 2 aromatic carbocycles. The van der Waals surface area contributed by atoms with Crippen molar-refractivity contribution in [3.8, 4) is 11.3 Å². The number of halogens is 4. The molecule has 0 atom stereocenters. The fourth-order valence-electron chi connectivity index (χ4n) is 2.15. The highest BCUT2D eigenvalue weighted by atomic mass is 35.5. The van der Waals surface area contributed by atoms with E-state index < -0.39 is 18.3 Å². The summed E-state index contributed by atoms with van der Waals surface area (Å²) in [7, 11) is 0. The molecule has 1 heterocycles. The first kappa shape index (κ1) is 20.3. The second-order valence-corrected chi connectivity index (χ2v) is 6.28. The van der Waals surface area contributed by atoms with Gasteiger partial charge < -0.3 is 9.71 Å². The maximum Gasteiger partial charge on any atom is 0.147 e. The largest absolute Gasteiger partial charge is 0.360 e. The van der Waals surface area contributed by atoms with Gasteiger partial charge in [-0.3, -0.25) is 0 Å². The topological polar surface area (TPSA) is 27.8 Å². The van der Waals surface area contributed by atoms with Crippen molar-refractivity contribution in [2.45, 2.75) is 25.4 Å². The Morgan fingerprint density at radius 2 is 1.81 bits per heavy atom. The van der Waals surface area contributed by atoms with Gasteiger partial charge in [0, 0.05) is 39.0 Å². The van der Waals surface area contributed by atoms with Crippen LogP contribution < -0.4 is 4.72 Å². The normalized spacial score (nSPS) is 10.2. The summed E-state index contributed by atoms with van der Waals surface area (Å²) in [4.78, 5) is 3.84. The van der Waals surface area contributed by atoms with Gasteiger partial charge in [0.05, 0.1) is 5.69 Å². The SMILES string of the molecule is CC.FCc1cc(F)c(NSc2c[nH]c(-c3ccccc3Cl)c2)cc1F. The molecular formula is C19H18ClF3N2S. The quantitative estimate of drug-likeness (QED) is 0.444. The highest BCUT2D eigenvalue weighted by Crippen LogP contribution is 2.31. The van der Waals surface area contributed by atoms with Crippen molar-refractivity contribution in [3.05, 3.63) is 70.9 Å². The van der Waals surface area contributed by atoms with Crippen LogP contribution in [0, 0.1) is 11.6 Å². The van der Waals surface area contributed by atoms with Crippen LogP contribution in [0.5, 0.6) is 0 Å². The van der Waals surface area contributed by atoms with E-state index in [4.69, 9.17) is 11.6 Å². The van der Waals surface area contributed by atoms with Crippen molar-refractivity contribution >= 4 is 29.2 Å². The molecule has 1 aromatic heterocycles. The minimum absolute atomic E-state index is 0.0461. The lowest BCUT2D eigenvalue weighted by Gasteiger charge is -2.07. The lowest BCUT2D eigenvalue weighted by atomic mass is 10.1. The van der Waals surface area contributed by atoms with Gasteiger partial charge in [0.1, 0.15) is 18.3 Å². The Labute approximate surface area is 159 Å². The summed E-state index contributed by atoms with van der Waals surface area (Å²) in [5.41, 5.74) is 1.31. The van der Waals surface area contributed by atoms with Gasteiger partial charge in [-0.25, -0.2) is 13.2 Å². The summed E-state index contributed by atoms with van der Waals surface area (Å²) in [5, 5.41) is 0.610. The van der Waals surface area contributed by atoms with Crippen LogP contribution in [0.15, 0.2) is 53.6 Å². The maximum atomic E-state index is 13.8. The number of nitrogens with one attached hydrogen (secondary N) is 2. The van der Waals surface area contributed by atoms with Crippen molar-refractivity contribution < 1.29 is 13.2 Å². The summed E-state index contributed by atoms with van der Waals surface area (Å²) in [6.45, 7) is 2.95. The van der Waals surface area contributed by atoms with Crippen molar-refractivity contribution in [1.29, 1.82) is 0 Å². The highest BCUT2D eigenvalue weighted by Gasteiger charge is 2.11. The van der Waals surface area contributed by atoms with Crippen LogP contribution in [0.3, 0.4) is 0 Å². The van der Waals surface area contributed by atoms with Gasteiger partial charge in [-0.1, -0.05) is 43.6 Å². The van der Waals surface area contributed by atoms with E-state index in [0.29, 0.717) is 5.02 Å². The minimum atomic E-state index is -1.05. The number of aromatic nitrogens is 1. The van der Waals surface area contributed by atoms with E-state index in [9.17, 15) is 13.2 Å². The van der Waals surface area contributed by atoms with E-state index in [1.54, 1.807) is 12.3 Å². The van der Waals surface area contributed by atoms with E-state index in [1.807, 2.05) is 38.1 Å². The lowest BCUT2D eigenvalue weighted by Crippen LogP contribution is -1.95. The number of anilines is 1. The molecule has 0 radical (unpaired) electrons. The third-order valence-electron chi connectivity index (χ3n) is 3.38. The first-order chi connectivity index (χ1) is 12.6. The van der Waals surface area contributed by atoms with E-state index in [-0.39, 0.29) is 11.3 Å². The zero-order valence-electron chi connectivity index (χ0n) is 14.2. The Hall–Kier alpha value is -2.05. The molecule has 3 rings (SSSR count). The average Bonchev–Trinajstić information content (AvgIpc) is 3.13. The monoisotopic (exact) mass is 398 g/mol. The second kappa shape index (κ2) is 9.59. The molecule has 0 fully saturated rings. The number of H-pyrrole nitrogens is 1. The zero-order valence-corrected chi connectivity index (χ0v) is 15.8. The Morgan fingerprint density at radius 1 is 1.08 bits per heavy atom. The van der Waals surface area contributed by atoms with Gasteiger partial charge in [-0.05, 0) is 30.1 Å². The van der Waals surface area contributed by atoms with Gasteiger partial charge in [0.25, 0.3) is 0 Å². The van der Waals surface area contributed by atoms with Crippen molar-refractivity contribution in [2.24, 2.45) is 0 Å². The second-order valence-electron chi connectivity index (χ2n) is 4.99. The molecule has 0 bridgehead atoms. The van der Waals surface area contributed by atoms with Crippen molar-refractivity contribution in [1.82, 2.24) is 4.98 Å². The van der Waals surface area contributed by atoms with Gasteiger partial charge in [-0.15, -0.1) is 0 Å². The van der Waals surface area contributed by atoms with E-state index in [0.717, 1.165) is 40.2 Å². The Morgan fingerprint density at radius 3 is 2.50 bits per heavy atom. The molecule has 0 aliphatic rings. The number of aromatic amines is 1. The summed E-state index contributed by atoms with van der Waals surface area (Å²) in [6.07, 6.45) is 1.72. The first-order valence-electron chi connectivity index (χ1n) is 7.98. The Balaban J connectivity index is 0.00000117. The van der Waals surface area contributed by atoms with Crippen LogP contribution in [0.2, 0.25) is 5.02 Å². The van der Waals surface area contributed by atoms with Gasteiger partial charge in [0.2, 0.25) is 0 Å². The number of hydrogen-bond acceptors (Lipinski definition) is 2. The molecular weight excluding hydrogens is 381 g/mol. The fourth-order valence-corrected chi connectivity index (χ4v) is 3.07. The summed E-state index contributed by atoms with van der Waals surface area (Å²) in [5.74, 6) is -1.49. The molecule has 0 spiro atoms. The van der Waals surface area contributed by atoms with E-state index in [2.05, 4.69) is 9.71 Å². The lowest BCUT2D eigenvalue weighted by molar-refractivity contribution is 0.460. The van der Waals surface area contributed by atoms with Crippen LogP contribution in [0.4, 0.5) is 18.9 Å². The number of hydrogen-bond donors (Lipinski definition) is 2. The standard InChI is InChI=1S/C17H12ClF3N2S.C2H6/c18-13-4-2-1-3-12(13)16-6-11(9-22-16)24-23-17-7-14(20)10(8-19)5-15(17)21;1-2/h1-7,9,22-23H,8H2;1-2H3. The molecule has 0 saturated carbocycles. The molecule has 0 unspecified atom stereocenters. The molecule has 7 heteroatoms. The molecule has 0 aliphatic carbocycles. The molecule has 0 aliphatic heterocycles. The van der Waals surface area contributed by atoms with Crippen LogP contribution in [-0.2, 0) is 6.67 Å². The number of benzene rings is 2. The number of alkyl halides is 1. The Bertz CT molecular complexity index is 868. The predicted molar refractivity (Wildman–Crippen MR) is 103 cm³/mol. The van der Waals surface area contributed by atoms with Gasteiger partial charge >= 0.3 is 0 Å². The number of rotatable bonds is 5. The molecule has 138 valence electrons. The molecule has 26 heavy (non-hydrogen) atoms. The van der Waals surface area contributed by atoms with Crippen LogP contribution in [0.1, 0.15) is 19.4 Å². The minimum Gasteiger partial charge on any atom is -0.360 e. The molecule has 3 aromatic rings. The molecule has 0 saturated heterocycles. The molecule has 0 amide bonds. The smallest absolute Gasteiger partial charge is 0.147 e. The van der Waals surface area contributed by atoms with Gasteiger partial charge in [-0.2, -0.15) is 0 Å². The molecule has 2 N–H and O–H groups in total. The summed E-state index contributed by atoms with van der Waals surface area (Å²) < 4.78 is 42.6. The first-order valence-corrected chi connectivity index (χ1v) is 9.18. The van der Waals surface area contributed by atoms with Crippen LogP contribution in [0.25, 0.3) is 11.3 Å². The maximum absolute atomic E-state index is 13.8. The summed E-state index contributed by atoms with van der Waals surface area (Å²) >= 11 is 7.25. The zero-order chi connectivity index (χ0) is 19.1. The molecule has 2 nitrogen and oxygen atoms in total. The average molecular weight is 399 g/mol. The van der Waals surface area contributed by atoms with Gasteiger partial charge in [0.15, 0.2) is 0 Å². The van der Waals surface area contributed by atoms with Crippen molar-refractivity contribution in [3.63, 3.8) is 0 Å². The Kier molecular flexibility index (Phi) is 7.48. The van der Waals surface area contributed by atoms with Crippen LogP contribution in [-0.4, -0.2) is 4.98 Å². The fraction of sp³-hybridized carbons (Fsp3) is 0.158. The van der Waals surface area contributed by atoms with Crippen molar-refractivity contribution in [2.75, 3.05) is 4.72 Å². The third-order valence-corrected chi connectivity index (χ3v) is 4.50. The van der Waals surface area contributed by atoms with E-state index >= 15 is 0 Å². The van der Waals surface area contributed by atoms with Crippen LogP contribution >= 0.6 is 23.5 Å².